The van der Waals surface area contributed by atoms with E-state index in [1.165, 1.54) is 6.92 Å². The van der Waals surface area contributed by atoms with E-state index in [1.807, 2.05) is 0 Å². The number of ketones is 1. The fourth-order valence-corrected chi connectivity index (χ4v) is 0.859. The Morgan fingerprint density at radius 2 is 2.09 bits per heavy atom. The van der Waals surface area contributed by atoms with Crippen molar-refractivity contribution < 1.29 is 4.79 Å². The van der Waals surface area contributed by atoms with Gasteiger partial charge in [0.2, 0.25) is 0 Å². The lowest BCUT2D eigenvalue weighted by atomic mass is 10.1. The molecule has 0 N–H and O–H groups in total. The third-order valence-corrected chi connectivity index (χ3v) is 1.39. The lowest BCUT2D eigenvalue weighted by molar-refractivity contribution is 0.101. The summed E-state index contributed by atoms with van der Waals surface area (Å²) in [4.78, 5) is 10.9. The van der Waals surface area contributed by atoms with Crippen LogP contribution in [0.5, 0.6) is 0 Å². The van der Waals surface area contributed by atoms with Crippen molar-refractivity contribution in [2.24, 2.45) is 5.11 Å². The lowest BCUT2D eigenvalue weighted by Gasteiger charge is -1.96. The number of nitrogens with zero attached hydrogens (tertiary/aromatic N) is 2. The van der Waals surface area contributed by atoms with E-state index in [4.69, 9.17) is 5.53 Å². The smallest absolute Gasteiger partial charge is 0.162 e. The molecule has 0 fully saturated rings. The van der Waals surface area contributed by atoms with Crippen LogP contribution in [0.2, 0.25) is 0 Å². The second kappa shape index (κ2) is 3.05. The normalized spacial score (nSPS) is 9.18. The van der Waals surface area contributed by atoms with Gasteiger partial charge in [0.05, 0.1) is 5.69 Å². The van der Waals surface area contributed by atoms with Gasteiger partial charge in [-0.05, 0) is 24.6 Å². The van der Waals surface area contributed by atoms with E-state index >= 15 is 0 Å². The van der Waals surface area contributed by atoms with Crippen LogP contribution in [0.25, 0.3) is 0 Å². The van der Waals surface area contributed by atoms with E-state index in [2.05, 4.69) is 5.11 Å². The summed E-state index contributed by atoms with van der Waals surface area (Å²) in [6.07, 6.45) is 0. The molecule has 0 aliphatic heterocycles. The Morgan fingerprint density at radius 1 is 1.45 bits per heavy atom. The molecular formula is C8H7N2O. The van der Waals surface area contributed by atoms with Gasteiger partial charge in [-0.3, -0.25) is 4.79 Å². The third-order valence-electron chi connectivity index (χ3n) is 1.39. The van der Waals surface area contributed by atoms with Crippen molar-refractivity contribution in [1.29, 1.82) is 0 Å². The van der Waals surface area contributed by atoms with Crippen molar-refractivity contribution in [3.63, 3.8) is 0 Å². The van der Waals surface area contributed by atoms with Crippen molar-refractivity contribution >= 4 is 11.5 Å². The maximum Gasteiger partial charge on any atom is 0.162 e. The van der Waals surface area contributed by atoms with Crippen LogP contribution in [0.4, 0.5) is 5.69 Å². The van der Waals surface area contributed by atoms with Gasteiger partial charge >= 0.3 is 0 Å². The van der Waals surface area contributed by atoms with Gasteiger partial charge in [-0.2, -0.15) is 0 Å². The number of carbonyl (C=O) groups excluding carboxylic acids is 1. The Morgan fingerprint density at radius 3 is 2.55 bits per heavy atom. The van der Waals surface area contributed by atoms with Crippen LogP contribution < -0.4 is 5.53 Å². The zero-order valence-electron chi connectivity index (χ0n) is 6.11. The average molecular weight is 147 g/mol. The first kappa shape index (κ1) is 7.60. The number of rotatable bonds is 2. The van der Waals surface area contributed by atoms with Crippen LogP contribution >= 0.6 is 0 Å². The molecule has 0 amide bonds. The summed E-state index contributed by atoms with van der Waals surface area (Å²) >= 11 is 0. The molecule has 55 valence electrons. The highest BCUT2D eigenvalue weighted by Gasteiger charge is 2.03. The second-order valence-electron chi connectivity index (χ2n) is 2.17. The summed E-state index contributed by atoms with van der Waals surface area (Å²) in [5.74, 6) is -0.0987. The number of benzene rings is 1. The summed E-state index contributed by atoms with van der Waals surface area (Å²) in [6, 6.07) is 6.64. The first-order chi connectivity index (χ1) is 5.25. The minimum Gasteiger partial charge on any atom is -0.294 e. The van der Waals surface area contributed by atoms with Gasteiger partial charge in [0.1, 0.15) is 0 Å². The molecule has 0 saturated carbocycles. The number of carbonyl (C=O) groups is 1. The molecule has 3 nitrogen and oxygen atoms in total. The highest BCUT2D eigenvalue weighted by molar-refractivity contribution is 5.98. The van der Waals surface area contributed by atoms with Crippen LogP contribution in [-0.4, -0.2) is 5.78 Å². The first-order valence-corrected chi connectivity index (χ1v) is 3.21. The molecule has 3 heteroatoms. The minimum atomic E-state index is -0.0987. The number of hydrogen-bond acceptors (Lipinski definition) is 2. The van der Waals surface area contributed by atoms with Crippen LogP contribution in [-0.2, 0) is 0 Å². The van der Waals surface area contributed by atoms with E-state index in [0.717, 1.165) is 0 Å². The standard InChI is InChI=1S/C8H7N2O/c1-6(11)7-4-2-3-5-8(7)10-9/h2-5H,1H3. The van der Waals surface area contributed by atoms with Gasteiger partial charge in [-0.15, -0.1) is 5.11 Å². The molecule has 1 rings (SSSR count). The Hall–Kier alpha value is -1.51. The SMILES string of the molecule is CC(=O)c1ccccc1N=[N]. The van der Waals surface area contributed by atoms with E-state index in [1.54, 1.807) is 24.3 Å². The Labute approximate surface area is 64.6 Å². The molecule has 11 heavy (non-hydrogen) atoms. The summed E-state index contributed by atoms with van der Waals surface area (Å²) in [5.41, 5.74) is 9.20. The summed E-state index contributed by atoms with van der Waals surface area (Å²) in [6.45, 7) is 1.43. The van der Waals surface area contributed by atoms with Gasteiger partial charge in [-0.25, -0.2) is 0 Å². The fraction of sp³-hybridized carbons (Fsp3) is 0.125. The molecule has 0 aliphatic rings. The van der Waals surface area contributed by atoms with Crippen molar-refractivity contribution in [2.45, 2.75) is 6.92 Å². The van der Waals surface area contributed by atoms with Gasteiger partial charge < -0.3 is 0 Å². The molecule has 1 aromatic rings. The van der Waals surface area contributed by atoms with Crippen LogP contribution in [0, 0.1) is 0 Å². The average Bonchev–Trinajstić information content (AvgIpc) is 2.04. The molecule has 1 radical (unpaired) electrons. The van der Waals surface area contributed by atoms with Crippen LogP contribution in [0.1, 0.15) is 17.3 Å². The molecule has 0 unspecified atom stereocenters. The monoisotopic (exact) mass is 147 g/mol. The highest BCUT2D eigenvalue weighted by Crippen LogP contribution is 2.17. The molecule has 0 bridgehead atoms. The summed E-state index contributed by atoms with van der Waals surface area (Å²) < 4.78 is 0. The van der Waals surface area contributed by atoms with Crippen LogP contribution in [0.15, 0.2) is 29.4 Å². The molecule has 0 spiro atoms. The Kier molecular flexibility index (Phi) is 2.11. The topological polar surface area (TPSA) is 51.7 Å². The lowest BCUT2D eigenvalue weighted by Crippen LogP contribution is -1.90. The van der Waals surface area contributed by atoms with Gasteiger partial charge in [0.15, 0.2) is 5.78 Å². The molecule has 0 heterocycles. The maximum absolute atomic E-state index is 10.9. The van der Waals surface area contributed by atoms with E-state index in [0.29, 0.717) is 11.3 Å². The van der Waals surface area contributed by atoms with Crippen molar-refractivity contribution in [1.82, 2.24) is 5.53 Å². The first-order valence-electron chi connectivity index (χ1n) is 3.21. The molecule has 0 saturated heterocycles. The number of hydrogen-bond donors (Lipinski definition) is 0. The zero-order valence-corrected chi connectivity index (χ0v) is 6.11. The minimum absolute atomic E-state index is 0.0987. The van der Waals surface area contributed by atoms with Gasteiger partial charge in [0.25, 0.3) is 0 Å². The maximum atomic E-state index is 10.9. The van der Waals surface area contributed by atoms with Gasteiger partial charge in [-0.1, -0.05) is 12.1 Å². The van der Waals surface area contributed by atoms with E-state index in [-0.39, 0.29) is 5.78 Å². The van der Waals surface area contributed by atoms with Gasteiger partial charge in [0, 0.05) is 5.56 Å². The quantitative estimate of drug-likeness (QED) is 0.464. The van der Waals surface area contributed by atoms with E-state index < -0.39 is 0 Å². The largest absolute Gasteiger partial charge is 0.294 e. The fourth-order valence-electron chi connectivity index (χ4n) is 0.859. The second-order valence-corrected chi connectivity index (χ2v) is 2.17. The summed E-state index contributed by atoms with van der Waals surface area (Å²) in [5, 5.41) is 2.97. The molecule has 1 aromatic carbocycles. The molecular weight excluding hydrogens is 140 g/mol. The van der Waals surface area contributed by atoms with Crippen LogP contribution in [0.3, 0.4) is 0 Å². The highest BCUT2D eigenvalue weighted by atomic mass is 16.1. The van der Waals surface area contributed by atoms with E-state index in [9.17, 15) is 4.79 Å². The third kappa shape index (κ3) is 1.49. The Bertz CT molecular complexity index is 294. The Balaban J connectivity index is 3.22. The summed E-state index contributed by atoms with van der Waals surface area (Å²) in [7, 11) is 0. The molecule has 0 aliphatic carbocycles. The number of Topliss-reactive ketones (excluding diaryl/α,β-unsaturated/α-hetero) is 1. The zero-order chi connectivity index (χ0) is 8.27. The van der Waals surface area contributed by atoms with Crippen molar-refractivity contribution in [3.8, 4) is 0 Å². The van der Waals surface area contributed by atoms with Crippen molar-refractivity contribution in [3.05, 3.63) is 29.8 Å². The molecule has 0 atom stereocenters. The van der Waals surface area contributed by atoms with Crippen molar-refractivity contribution in [2.75, 3.05) is 0 Å². The molecule has 0 aromatic heterocycles. The predicted octanol–water partition coefficient (Wildman–Crippen LogP) is 1.77. The predicted molar refractivity (Wildman–Crippen MR) is 40.7 cm³/mol.